The van der Waals surface area contributed by atoms with Gasteiger partial charge in [0.15, 0.2) is 15.8 Å². The van der Waals surface area contributed by atoms with E-state index >= 15 is 0 Å². The van der Waals surface area contributed by atoms with E-state index in [4.69, 9.17) is 4.74 Å². The van der Waals surface area contributed by atoms with Crippen LogP contribution < -0.4 is 15.4 Å². The molecule has 0 bridgehead atoms. The molecule has 2 rings (SSSR count). The summed E-state index contributed by atoms with van der Waals surface area (Å²) in [4.78, 5) is 9.06. The number of pyridine rings is 1. The molecule has 0 aliphatic carbocycles. The lowest BCUT2D eigenvalue weighted by molar-refractivity contribution is 0.397. The number of methoxy groups -OCH3 is 1. The molecule has 0 radical (unpaired) electrons. The van der Waals surface area contributed by atoms with E-state index in [1.165, 1.54) is 6.26 Å². The Bertz CT molecular complexity index is 854. The fraction of sp³-hybridized carbons (Fsp3) is 0.368. The lowest BCUT2D eigenvalue weighted by Crippen LogP contribution is -2.38. The zero-order valence-electron chi connectivity index (χ0n) is 16.3. The molecule has 0 saturated heterocycles. The van der Waals surface area contributed by atoms with Crippen molar-refractivity contribution >= 4 is 39.8 Å². The summed E-state index contributed by atoms with van der Waals surface area (Å²) in [6.45, 7) is 3.96. The van der Waals surface area contributed by atoms with E-state index in [0.717, 1.165) is 30.1 Å². The first kappa shape index (κ1) is 24.2. The minimum absolute atomic E-state index is 0. The van der Waals surface area contributed by atoms with E-state index < -0.39 is 9.84 Å². The predicted octanol–water partition coefficient (Wildman–Crippen LogP) is 2.41. The fourth-order valence-electron chi connectivity index (χ4n) is 2.37. The zero-order valence-corrected chi connectivity index (χ0v) is 19.5. The number of ether oxygens (including phenoxy) is 1. The van der Waals surface area contributed by atoms with Crippen molar-refractivity contribution in [1.82, 2.24) is 15.6 Å². The van der Waals surface area contributed by atoms with E-state index in [0.29, 0.717) is 23.9 Å². The maximum Gasteiger partial charge on any atom is 0.212 e. The minimum atomic E-state index is -3.16. The van der Waals surface area contributed by atoms with Crippen molar-refractivity contribution in [3.63, 3.8) is 0 Å². The van der Waals surface area contributed by atoms with E-state index in [2.05, 4.69) is 20.6 Å². The van der Waals surface area contributed by atoms with Gasteiger partial charge >= 0.3 is 0 Å². The van der Waals surface area contributed by atoms with E-state index in [-0.39, 0.29) is 24.0 Å². The van der Waals surface area contributed by atoms with Crippen LogP contribution in [0.1, 0.15) is 18.1 Å². The fourth-order valence-corrected chi connectivity index (χ4v) is 3.00. The number of aliphatic imine (C=N–C) groups is 1. The van der Waals surface area contributed by atoms with Gasteiger partial charge in [-0.1, -0.05) is 18.2 Å². The number of hydrogen-bond donors (Lipinski definition) is 2. The maximum absolute atomic E-state index is 11.5. The average molecular weight is 518 g/mol. The van der Waals surface area contributed by atoms with E-state index in [1.54, 1.807) is 25.4 Å². The molecule has 0 amide bonds. The lowest BCUT2D eigenvalue weighted by Gasteiger charge is -2.11. The van der Waals surface area contributed by atoms with Crippen molar-refractivity contribution in [3.05, 3.63) is 53.7 Å². The van der Waals surface area contributed by atoms with Crippen LogP contribution in [0.25, 0.3) is 0 Å². The van der Waals surface area contributed by atoms with Gasteiger partial charge in [-0.3, -0.25) is 0 Å². The van der Waals surface area contributed by atoms with E-state index in [9.17, 15) is 8.42 Å². The van der Waals surface area contributed by atoms with Gasteiger partial charge in [0.05, 0.1) is 18.6 Å². The SMILES string of the molecule is CCNC(=NCc1ccc(OC)nc1)NCCc1ccc(S(C)(=O)=O)cc1.I. The molecule has 1 aromatic heterocycles. The number of hydrogen-bond acceptors (Lipinski definition) is 5. The summed E-state index contributed by atoms with van der Waals surface area (Å²) < 4.78 is 28.0. The molecule has 2 N–H and O–H groups in total. The summed E-state index contributed by atoms with van der Waals surface area (Å²) in [6.07, 6.45) is 3.72. The van der Waals surface area contributed by atoms with Crippen LogP contribution >= 0.6 is 24.0 Å². The number of benzene rings is 1. The number of halogens is 1. The Labute approximate surface area is 184 Å². The quantitative estimate of drug-likeness (QED) is 0.317. The Morgan fingerprint density at radius 2 is 1.79 bits per heavy atom. The Kier molecular flexibility index (Phi) is 10.2. The third kappa shape index (κ3) is 8.01. The van der Waals surface area contributed by atoms with Crippen molar-refractivity contribution < 1.29 is 13.2 Å². The highest BCUT2D eigenvalue weighted by atomic mass is 127. The van der Waals surface area contributed by atoms with Crippen LogP contribution in [0.3, 0.4) is 0 Å². The third-order valence-corrected chi connectivity index (χ3v) is 4.96. The van der Waals surface area contributed by atoms with Crippen LogP contribution in [0.15, 0.2) is 52.5 Å². The molecule has 28 heavy (non-hydrogen) atoms. The second-order valence-corrected chi connectivity index (χ2v) is 8.01. The first-order chi connectivity index (χ1) is 12.9. The Morgan fingerprint density at radius 1 is 1.11 bits per heavy atom. The van der Waals surface area contributed by atoms with Crippen molar-refractivity contribution in [2.45, 2.75) is 24.8 Å². The highest BCUT2D eigenvalue weighted by Gasteiger charge is 2.06. The van der Waals surface area contributed by atoms with Crippen LogP contribution in [0.4, 0.5) is 0 Å². The number of rotatable bonds is 8. The highest BCUT2D eigenvalue weighted by Crippen LogP contribution is 2.10. The predicted molar refractivity (Wildman–Crippen MR) is 122 cm³/mol. The van der Waals surface area contributed by atoms with Gasteiger partial charge in [-0.2, -0.15) is 0 Å². The van der Waals surface area contributed by atoms with Crippen molar-refractivity contribution in [1.29, 1.82) is 0 Å². The van der Waals surface area contributed by atoms with Crippen LogP contribution in [0.2, 0.25) is 0 Å². The van der Waals surface area contributed by atoms with Gasteiger partial charge in [-0.05, 0) is 36.6 Å². The number of nitrogens with zero attached hydrogens (tertiary/aromatic N) is 2. The van der Waals surface area contributed by atoms with Crippen molar-refractivity contribution in [2.24, 2.45) is 4.99 Å². The van der Waals surface area contributed by atoms with Gasteiger partial charge in [0, 0.05) is 31.6 Å². The molecule has 0 fully saturated rings. The second kappa shape index (κ2) is 11.8. The van der Waals surface area contributed by atoms with Gasteiger partial charge in [0.25, 0.3) is 0 Å². The topological polar surface area (TPSA) is 92.7 Å². The average Bonchev–Trinajstić information content (AvgIpc) is 2.66. The molecule has 1 heterocycles. The van der Waals surface area contributed by atoms with Gasteiger partial charge in [-0.25, -0.2) is 18.4 Å². The molecule has 2 aromatic rings. The third-order valence-electron chi connectivity index (χ3n) is 3.83. The monoisotopic (exact) mass is 518 g/mol. The molecule has 0 unspecified atom stereocenters. The van der Waals surface area contributed by atoms with Crippen LogP contribution in [0.5, 0.6) is 5.88 Å². The summed E-state index contributed by atoms with van der Waals surface area (Å²) in [5.74, 6) is 1.30. The standard InChI is InChI=1S/C19H26N4O3S.HI/c1-4-20-19(23-14-16-7-10-18(26-2)22-13-16)21-12-11-15-5-8-17(9-6-15)27(3,24)25;/h5-10,13H,4,11-12,14H2,1-3H3,(H2,20,21,23);1H. The van der Waals surface area contributed by atoms with Crippen LogP contribution in [-0.4, -0.2) is 45.8 Å². The zero-order chi connectivity index (χ0) is 19.7. The normalized spacial score (nSPS) is 11.5. The molecule has 9 heteroatoms. The molecule has 0 aliphatic rings. The lowest BCUT2D eigenvalue weighted by atomic mass is 10.1. The Balaban J connectivity index is 0.00000392. The van der Waals surface area contributed by atoms with Crippen molar-refractivity contribution in [3.8, 4) is 5.88 Å². The number of nitrogens with one attached hydrogen (secondary N) is 2. The Hall–Kier alpha value is -1.88. The van der Waals surface area contributed by atoms with Gasteiger partial charge < -0.3 is 15.4 Å². The maximum atomic E-state index is 11.5. The molecule has 0 atom stereocenters. The minimum Gasteiger partial charge on any atom is -0.481 e. The molecule has 1 aromatic carbocycles. The number of sulfone groups is 1. The molecule has 0 aliphatic heterocycles. The first-order valence-corrected chi connectivity index (χ1v) is 10.6. The molecule has 0 saturated carbocycles. The molecular weight excluding hydrogens is 491 g/mol. The van der Waals surface area contributed by atoms with Gasteiger partial charge in [0.1, 0.15) is 0 Å². The smallest absolute Gasteiger partial charge is 0.212 e. The summed E-state index contributed by atoms with van der Waals surface area (Å²) in [7, 11) is -1.57. The molecule has 0 spiro atoms. The van der Waals surface area contributed by atoms with E-state index in [1.807, 2.05) is 31.2 Å². The Morgan fingerprint density at radius 3 is 2.32 bits per heavy atom. The molecular formula is C19H27IN4O3S. The summed E-state index contributed by atoms with van der Waals surface area (Å²) in [5.41, 5.74) is 2.05. The van der Waals surface area contributed by atoms with Crippen molar-refractivity contribution in [2.75, 3.05) is 26.5 Å². The van der Waals surface area contributed by atoms with Gasteiger partial charge in [-0.15, -0.1) is 24.0 Å². The largest absolute Gasteiger partial charge is 0.481 e. The summed E-state index contributed by atoms with van der Waals surface area (Å²) in [6, 6.07) is 10.7. The second-order valence-electron chi connectivity index (χ2n) is 6.00. The number of aromatic nitrogens is 1. The van der Waals surface area contributed by atoms with Crippen LogP contribution in [0, 0.1) is 0 Å². The summed E-state index contributed by atoms with van der Waals surface area (Å²) >= 11 is 0. The summed E-state index contributed by atoms with van der Waals surface area (Å²) in [5, 5.41) is 6.49. The number of guanidine groups is 1. The molecule has 154 valence electrons. The van der Waals surface area contributed by atoms with Gasteiger partial charge in [0.2, 0.25) is 5.88 Å². The first-order valence-electron chi connectivity index (χ1n) is 8.72. The highest BCUT2D eigenvalue weighted by molar-refractivity contribution is 14.0. The van der Waals surface area contributed by atoms with Crippen LogP contribution in [-0.2, 0) is 22.8 Å². The molecule has 7 nitrogen and oxygen atoms in total.